The quantitative estimate of drug-likeness (QED) is 0.465. The van der Waals surface area contributed by atoms with Gasteiger partial charge in [0.1, 0.15) is 33.6 Å². The zero-order chi connectivity index (χ0) is 26.0. The highest BCUT2D eigenvalue weighted by molar-refractivity contribution is 8.13. The van der Waals surface area contributed by atoms with Gasteiger partial charge in [0.25, 0.3) is 15.9 Å². The van der Waals surface area contributed by atoms with Crippen LogP contribution >= 0.6 is 11.9 Å². The van der Waals surface area contributed by atoms with Crippen LogP contribution in [0.2, 0.25) is 0 Å². The van der Waals surface area contributed by atoms with Crippen molar-refractivity contribution in [3.63, 3.8) is 0 Å². The molecular formula is C22H26FN3O7S2. The van der Waals surface area contributed by atoms with Crippen molar-refractivity contribution in [2.24, 2.45) is 0 Å². The van der Waals surface area contributed by atoms with Gasteiger partial charge in [0, 0.05) is 24.4 Å². The van der Waals surface area contributed by atoms with Crippen LogP contribution in [0.15, 0.2) is 35.2 Å². The molecule has 0 saturated carbocycles. The van der Waals surface area contributed by atoms with E-state index in [-0.39, 0.29) is 28.4 Å². The zero-order valence-electron chi connectivity index (χ0n) is 19.7. The third-order valence-electron chi connectivity index (χ3n) is 5.40. The molecule has 3 N–H and O–H groups in total. The summed E-state index contributed by atoms with van der Waals surface area (Å²) in [5, 5.41) is 2.01. The molecule has 2 aromatic rings. The monoisotopic (exact) mass is 527 g/mol. The van der Waals surface area contributed by atoms with Gasteiger partial charge in [0.15, 0.2) is 0 Å². The number of nitrogens with one attached hydrogen (secondary N) is 3. The van der Waals surface area contributed by atoms with Crippen LogP contribution in [0.3, 0.4) is 0 Å². The number of amides is 2. The minimum Gasteiger partial charge on any atom is -0.496 e. The summed E-state index contributed by atoms with van der Waals surface area (Å²) in [4.78, 5) is 24.6. The van der Waals surface area contributed by atoms with Crippen LogP contribution in [0.25, 0.3) is 0 Å². The molecule has 2 aromatic carbocycles. The van der Waals surface area contributed by atoms with Crippen molar-refractivity contribution < 1.29 is 36.6 Å². The number of rotatable bonds is 7. The molecule has 0 fully saturated rings. The number of hydrogen-bond donors (Lipinski definition) is 3. The number of sulfonamides is 1. The first-order chi connectivity index (χ1) is 16.4. The van der Waals surface area contributed by atoms with Gasteiger partial charge in [-0.25, -0.2) is 17.5 Å². The largest absolute Gasteiger partial charge is 0.496 e. The number of carbonyl (C=O) groups excluding carboxylic acids is 2. The van der Waals surface area contributed by atoms with Gasteiger partial charge in [-0.1, -0.05) is 0 Å². The highest BCUT2D eigenvalue weighted by Crippen LogP contribution is 2.39. The average Bonchev–Trinajstić information content (AvgIpc) is 2.78. The number of methoxy groups -OCH3 is 2. The highest BCUT2D eigenvalue weighted by Gasteiger charge is 2.40. The van der Waals surface area contributed by atoms with Crippen LogP contribution in [0.5, 0.6) is 17.2 Å². The van der Waals surface area contributed by atoms with E-state index in [1.54, 1.807) is 13.8 Å². The third-order valence-corrected chi connectivity index (χ3v) is 7.37. The van der Waals surface area contributed by atoms with Gasteiger partial charge < -0.3 is 19.5 Å². The van der Waals surface area contributed by atoms with E-state index in [9.17, 15) is 22.4 Å². The van der Waals surface area contributed by atoms with Crippen molar-refractivity contribution in [3.05, 3.63) is 47.3 Å². The van der Waals surface area contributed by atoms with E-state index < -0.39 is 38.6 Å². The Morgan fingerprint density at radius 1 is 1.14 bits per heavy atom. The molecule has 0 bridgehead atoms. The fourth-order valence-corrected chi connectivity index (χ4v) is 5.34. The van der Waals surface area contributed by atoms with E-state index in [1.165, 1.54) is 45.5 Å². The van der Waals surface area contributed by atoms with E-state index in [2.05, 4.69) is 10.0 Å². The van der Waals surface area contributed by atoms with E-state index in [4.69, 9.17) is 14.2 Å². The molecule has 0 aromatic heterocycles. The maximum atomic E-state index is 13.8. The van der Waals surface area contributed by atoms with Crippen molar-refractivity contribution in [3.8, 4) is 17.2 Å². The fourth-order valence-electron chi connectivity index (χ4n) is 3.62. The third kappa shape index (κ3) is 5.80. The van der Waals surface area contributed by atoms with Crippen LogP contribution in [-0.4, -0.2) is 52.5 Å². The summed E-state index contributed by atoms with van der Waals surface area (Å²) in [5.74, 6) is -0.617. The van der Waals surface area contributed by atoms with Crippen LogP contribution in [0.1, 0.15) is 29.8 Å². The number of fused-ring (bicyclic) bond motifs is 1. The van der Waals surface area contributed by atoms with E-state index in [0.717, 1.165) is 6.07 Å². The number of benzene rings is 2. The second kappa shape index (κ2) is 10.3. The summed E-state index contributed by atoms with van der Waals surface area (Å²) >= 11 is 0.575. The number of halogens is 1. The maximum Gasteiger partial charge on any atom is 0.307 e. The van der Waals surface area contributed by atoms with Gasteiger partial charge in [0.2, 0.25) is 0 Å². The fraction of sp³-hybridized carbons (Fsp3) is 0.364. The summed E-state index contributed by atoms with van der Waals surface area (Å²) < 4.78 is 60.4. The summed E-state index contributed by atoms with van der Waals surface area (Å²) in [6.07, 6.45) is 0.192. The van der Waals surface area contributed by atoms with Crippen LogP contribution in [0, 0.1) is 5.82 Å². The number of carbonyl (C=O) groups is 2. The lowest BCUT2D eigenvalue weighted by atomic mass is 9.88. The van der Waals surface area contributed by atoms with Gasteiger partial charge in [-0.2, -0.15) is 0 Å². The van der Waals surface area contributed by atoms with Crippen LogP contribution in [-0.2, 0) is 16.4 Å². The molecule has 1 heterocycles. The minimum absolute atomic E-state index is 0.0110. The molecule has 0 aliphatic carbocycles. The SMILES string of the molecule is CNSC(=O)NS(=O)(=O)c1cc2c(cc1OC)OC(C)(C)C(NC(=O)c1cc(F)ccc1OC)C2. The van der Waals surface area contributed by atoms with Crippen LogP contribution in [0.4, 0.5) is 9.18 Å². The lowest BCUT2D eigenvalue weighted by Gasteiger charge is -2.40. The Kier molecular flexibility index (Phi) is 7.82. The molecule has 2 amide bonds. The molecule has 1 atom stereocenters. The van der Waals surface area contributed by atoms with Gasteiger partial charge in [-0.3, -0.25) is 14.3 Å². The van der Waals surface area contributed by atoms with Gasteiger partial charge >= 0.3 is 5.24 Å². The predicted octanol–water partition coefficient (Wildman–Crippen LogP) is 2.62. The number of hydrogen-bond acceptors (Lipinski definition) is 9. The lowest BCUT2D eigenvalue weighted by molar-refractivity contribution is 0.0435. The smallest absolute Gasteiger partial charge is 0.307 e. The zero-order valence-corrected chi connectivity index (χ0v) is 21.4. The van der Waals surface area contributed by atoms with Crippen LogP contribution < -0.4 is 29.0 Å². The highest BCUT2D eigenvalue weighted by atomic mass is 32.2. The lowest BCUT2D eigenvalue weighted by Crippen LogP contribution is -2.55. The number of ether oxygens (including phenoxy) is 3. The van der Waals surface area contributed by atoms with Gasteiger partial charge in [0.05, 0.1) is 25.8 Å². The summed E-state index contributed by atoms with van der Waals surface area (Å²) in [6.45, 7) is 3.52. The maximum absolute atomic E-state index is 13.8. The molecule has 13 heteroatoms. The van der Waals surface area contributed by atoms with Gasteiger partial charge in [-0.15, -0.1) is 0 Å². The Bertz CT molecular complexity index is 1250. The Morgan fingerprint density at radius 2 is 1.83 bits per heavy atom. The Morgan fingerprint density at radius 3 is 2.46 bits per heavy atom. The van der Waals surface area contributed by atoms with Crippen molar-refractivity contribution >= 4 is 33.1 Å². The standard InChI is InChI=1S/C22H26FN3O7S2/c1-22(2)19(25-20(27)14-10-13(23)6-7-15(14)31-4)9-12-8-18(17(32-5)11-16(12)33-22)35(29,30)26-21(28)34-24-3/h6-8,10-11,19,24H,9H2,1-5H3,(H,25,27)(H,26,28). The van der Waals surface area contributed by atoms with Crippen molar-refractivity contribution in [2.45, 2.75) is 36.8 Å². The summed E-state index contributed by atoms with van der Waals surface area (Å²) in [7, 11) is -0.123. The first kappa shape index (κ1) is 26.6. The minimum atomic E-state index is -4.27. The predicted molar refractivity (Wildman–Crippen MR) is 128 cm³/mol. The average molecular weight is 528 g/mol. The van der Waals surface area contributed by atoms with E-state index >= 15 is 0 Å². The Labute approximate surface area is 207 Å². The molecular weight excluding hydrogens is 501 g/mol. The molecule has 35 heavy (non-hydrogen) atoms. The van der Waals surface area contributed by atoms with E-state index in [1.807, 2.05) is 4.72 Å². The normalized spacial score (nSPS) is 16.5. The van der Waals surface area contributed by atoms with Gasteiger partial charge in [-0.05, 0) is 50.7 Å². The molecule has 1 aliphatic heterocycles. The topological polar surface area (TPSA) is 132 Å². The molecule has 10 nitrogen and oxygen atoms in total. The first-order valence-electron chi connectivity index (χ1n) is 10.4. The van der Waals surface area contributed by atoms with E-state index in [0.29, 0.717) is 23.3 Å². The molecule has 190 valence electrons. The van der Waals surface area contributed by atoms with Crippen molar-refractivity contribution in [1.29, 1.82) is 0 Å². The second-order valence-corrected chi connectivity index (χ2v) is 10.7. The molecule has 0 saturated heterocycles. The Balaban J connectivity index is 1.95. The molecule has 0 spiro atoms. The Hall–Kier alpha value is -3.03. The van der Waals surface area contributed by atoms with Crippen molar-refractivity contribution in [2.75, 3.05) is 21.3 Å². The molecule has 3 rings (SSSR count). The molecule has 1 unspecified atom stereocenters. The molecule has 1 aliphatic rings. The van der Waals surface area contributed by atoms with Crippen molar-refractivity contribution in [1.82, 2.24) is 14.8 Å². The summed E-state index contributed by atoms with van der Waals surface area (Å²) in [5.41, 5.74) is -0.431. The summed E-state index contributed by atoms with van der Waals surface area (Å²) in [6, 6.07) is 5.75. The molecule has 0 radical (unpaired) electrons. The first-order valence-corrected chi connectivity index (χ1v) is 12.7. The second-order valence-electron chi connectivity index (χ2n) is 8.09.